The average molecular weight is 431 g/mol. The topological polar surface area (TPSA) is 60.2 Å². The molecule has 0 aliphatic heterocycles. The van der Waals surface area contributed by atoms with Crippen molar-refractivity contribution in [2.24, 2.45) is 0 Å². The van der Waals surface area contributed by atoms with Gasteiger partial charge in [-0.15, -0.1) is 10.2 Å². The first-order chi connectivity index (χ1) is 14.0. The van der Waals surface area contributed by atoms with Gasteiger partial charge in [-0.05, 0) is 49.2 Å². The fourth-order valence-electron chi connectivity index (χ4n) is 2.69. The molecule has 3 aromatic rings. The van der Waals surface area contributed by atoms with Gasteiger partial charge in [0.25, 0.3) is 0 Å². The van der Waals surface area contributed by atoms with Crippen LogP contribution in [0.25, 0.3) is 5.69 Å². The fraction of sp³-hybridized carbons (Fsp3) is 0.286. The summed E-state index contributed by atoms with van der Waals surface area (Å²) < 4.78 is 7.28. The lowest BCUT2D eigenvalue weighted by Crippen LogP contribution is -2.27. The zero-order valence-electron chi connectivity index (χ0n) is 16.6. The van der Waals surface area contributed by atoms with Gasteiger partial charge in [-0.2, -0.15) is 0 Å². The van der Waals surface area contributed by atoms with Gasteiger partial charge in [0.05, 0.1) is 18.0 Å². The number of ether oxygens (including phenoxy) is 1. The highest BCUT2D eigenvalue weighted by molar-refractivity contribution is 7.99. The van der Waals surface area contributed by atoms with Crippen LogP contribution in [0.3, 0.4) is 0 Å². The summed E-state index contributed by atoms with van der Waals surface area (Å²) in [5.41, 5.74) is 2.92. The molecule has 1 amide bonds. The third-order valence-corrected chi connectivity index (χ3v) is 5.69. The zero-order valence-corrected chi connectivity index (χ0v) is 18.2. The van der Waals surface area contributed by atoms with Crippen LogP contribution in [0, 0.1) is 6.92 Å². The smallest absolute Gasteiger partial charge is 0.233 e. The first-order valence-corrected chi connectivity index (χ1v) is 10.6. The predicted molar refractivity (Wildman–Crippen MR) is 116 cm³/mol. The van der Waals surface area contributed by atoms with Crippen LogP contribution < -0.4 is 4.74 Å². The van der Waals surface area contributed by atoms with E-state index >= 15 is 0 Å². The van der Waals surface area contributed by atoms with Crippen LogP contribution in [0.1, 0.15) is 18.1 Å². The number of hydrogen-bond acceptors (Lipinski definition) is 5. The third-order valence-electron chi connectivity index (χ3n) is 4.35. The van der Waals surface area contributed by atoms with E-state index in [2.05, 4.69) is 10.2 Å². The molecular weight excluding hydrogens is 408 g/mol. The van der Waals surface area contributed by atoms with E-state index in [0.717, 1.165) is 22.6 Å². The molecule has 0 N–H and O–H groups in total. The highest BCUT2D eigenvalue weighted by Crippen LogP contribution is 2.24. The lowest BCUT2D eigenvalue weighted by molar-refractivity contribution is -0.127. The van der Waals surface area contributed by atoms with E-state index in [1.165, 1.54) is 11.8 Å². The van der Waals surface area contributed by atoms with Gasteiger partial charge in [-0.3, -0.25) is 9.36 Å². The molecule has 0 spiro atoms. The number of aromatic nitrogens is 3. The van der Waals surface area contributed by atoms with E-state index in [-0.39, 0.29) is 11.7 Å². The Balaban J connectivity index is 1.59. The van der Waals surface area contributed by atoms with E-state index in [9.17, 15) is 4.79 Å². The van der Waals surface area contributed by atoms with Gasteiger partial charge in [0.1, 0.15) is 12.1 Å². The second-order valence-corrected chi connectivity index (χ2v) is 7.88. The molecule has 0 aliphatic carbocycles. The molecule has 0 radical (unpaired) electrons. The largest absolute Gasteiger partial charge is 0.494 e. The molecule has 29 heavy (non-hydrogen) atoms. The fourth-order valence-corrected chi connectivity index (χ4v) is 3.73. The van der Waals surface area contributed by atoms with E-state index in [4.69, 9.17) is 16.3 Å². The summed E-state index contributed by atoms with van der Waals surface area (Å²) in [6.07, 6.45) is 1.62. The van der Waals surface area contributed by atoms with Crippen LogP contribution in [0.4, 0.5) is 0 Å². The number of rotatable bonds is 8. The Morgan fingerprint density at radius 1 is 1.24 bits per heavy atom. The maximum absolute atomic E-state index is 12.6. The Morgan fingerprint density at radius 3 is 2.69 bits per heavy atom. The highest BCUT2D eigenvalue weighted by Gasteiger charge is 2.14. The quantitative estimate of drug-likeness (QED) is 0.496. The Morgan fingerprint density at radius 2 is 2.00 bits per heavy atom. The first kappa shape index (κ1) is 21.2. The molecule has 8 heteroatoms. The van der Waals surface area contributed by atoms with Crippen molar-refractivity contribution in [1.29, 1.82) is 0 Å². The SMILES string of the molecule is CCOc1ccc(CN(C)C(=O)CSc2nncn2-c2ccc(C)c(Cl)c2)cc1. The Bertz CT molecular complexity index is 975. The molecule has 0 bridgehead atoms. The van der Waals surface area contributed by atoms with Gasteiger partial charge in [0, 0.05) is 18.6 Å². The number of hydrogen-bond donors (Lipinski definition) is 0. The molecular formula is C21H23ClN4O2S. The summed E-state index contributed by atoms with van der Waals surface area (Å²) in [5, 5.41) is 9.44. The number of amides is 1. The number of thioether (sulfide) groups is 1. The summed E-state index contributed by atoms with van der Waals surface area (Å²) in [6.45, 7) is 5.07. The minimum absolute atomic E-state index is 0.0142. The molecule has 1 heterocycles. The van der Waals surface area contributed by atoms with Gasteiger partial charge in [-0.1, -0.05) is 41.6 Å². The van der Waals surface area contributed by atoms with Crippen molar-refractivity contribution in [1.82, 2.24) is 19.7 Å². The second kappa shape index (κ2) is 9.80. The first-order valence-electron chi connectivity index (χ1n) is 9.23. The van der Waals surface area contributed by atoms with Crippen LogP contribution in [-0.4, -0.2) is 45.0 Å². The van der Waals surface area contributed by atoms with Gasteiger partial charge in [0.15, 0.2) is 5.16 Å². The standard InChI is InChI=1S/C21H23ClN4O2S/c1-4-28-18-9-6-16(7-10-18)12-25(3)20(27)13-29-21-24-23-14-26(21)17-8-5-15(2)19(22)11-17/h5-11,14H,4,12-13H2,1-3H3. The molecule has 1 aromatic heterocycles. The van der Waals surface area contributed by atoms with Gasteiger partial charge >= 0.3 is 0 Å². The minimum Gasteiger partial charge on any atom is -0.494 e. The number of carbonyl (C=O) groups is 1. The van der Waals surface area contributed by atoms with E-state index in [1.54, 1.807) is 18.3 Å². The van der Waals surface area contributed by atoms with Crippen LogP contribution in [-0.2, 0) is 11.3 Å². The van der Waals surface area contributed by atoms with Crippen molar-refractivity contribution in [3.8, 4) is 11.4 Å². The molecule has 0 aliphatic rings. The van der Waals surface area contributed by atoms with Crippen LogP contribution >= 0.6 is 23.4 Å². The molecule has 0 saturated carbocycles. The zero-order chi connectivity index (χ0) is 20.8. The van der Waals surface area contributed by atoms with Crippen molar-refractivity contribution < 1.29 is 9.53 Å². The molecule has 0 saturated heterocycles. The average Bonchev–Trinajstić information content (AvgIpc) is 3.18. The third kappa shape index (κ3) is 5.52. The molecule has 2 aromatic carbocycles. The molecule has 152 valence electrons. The maximum Gasteiger partial charge on any atom is 0.233 e. The van der Waals surface area contributed by atoms with E-state index in [0.29, 0.717) is 23.3 Å². The Kier molecular flexibility index (Phi) is 7.17. The minimum atomic E-state index is 0.0142. The lowest BCUT2D eigenvalue weighted by Gasteiger charge is -2.17. The summed E-state index contributed by atoms with van der Waals surface area (Å²) in [4.78, 5) is 14.3. The molecule has 0 atom stereocenters. The van der Waals surface area contributed by atoms with Crippen molar-refractivity contribution in [2.75, 3.05) is 19.4 Å². The lowest BCUT2D eigenvalue weighted by atomic mass is 10.2. The second-order valence-electron chi connectivity index (χ2n) is 6.53. The molecule has 0 unspecified atom stereocenters. The number of aryl methyl sites for hydroxylation is 1. The van der Waals surface area contributed by atoms with Crippen molar-refractivity contribution in [3.63, 3.8) is 0 Å². The number of carbonyl (C=O) groups excluding carboxylic acids is 1. The summed E-state index contributed by atoms with van der Waals surface area (Å²) in [6, 6.07) is 13.5. The number of benzene rings is 2. The Labute approximate surface area is 179 Å². The van der Waals surface area contributed by atoms with Crippen molar-refractivity contribution >= 4 is 29.3 Å². The van der Waals surface area contributed by atoms with Crippen LogP contribution in [0.5, 0.6) is 5.75 Å². The Hall–Kier alpha value is -2.51. The van der Waals surface area contributed by atoms with Crippen molar-refractivity contribution in [3.05, 3.63) is 64.9 Å². The summed E-state index contributed by atoms with van der Waals surface area (Å²) in [5.74, 6) is 1.11. The molecule has 3 rings (SSSR count). The number of nitrogens with zero attached hydrogens (tertiary/aromatic N) is 4. The molecule has 0 fully saturated rings. The van der Waals surface area contributed by atoms with Gasteiger partial charge in [-0.25, -0.2) is 0 Å². The predicted octanol–water partition coefficient (Wildman–Crippen LogP) is 4.38. The van der Waals surface area contributed by atoms with Crippen LogP contribution in [0.2, 0.25) is 5.02 Å². The highest BCUT2D eigenvalue weighted by atomic mass is 35.5. The maximum atomic E-state index is 12.6. The van der Waals surface area contributed by atoms with Crippen LogP contribution in [0.15, 0.2) is 53.9 Å². The monoisotopic (exact) mass is 430 g/mol. The van der Waals surface area contributed by atoms with E-state index in [1.807, 2.05) is 60.9 Å². The van der Waals surface area contributed by atoms with Gasteiger partial charge in [0.2, 0.25) is 5.91 Å². The van der Waals surface area contributed by atoms with Gasteiger partial charge < -0.3 is 9.64 Å². The van der Waals surface area contributed by atoms with Crippen molar-refractivity contribution in [2.45, 2.75) is 25.5 Å². The summed E-state index contributed by atoms with van der Waals surface area (Å²) in [7, 11) is 1.80. The normalized spacial score (nSPS) is 10.8. The molecule has 6 nitrogen and oxygen atoms in total. The summed E-state index contributed by atoms with van der Waals surface area (Å²) >= 11 is 7.58. The number of halogens is 1. The van der Waals surface area contributed by atoms with E-state index < -0.39 is 0 Å².